The number of aliphatic hydroxyl groups is 1. The van der Waals surface area contributed by atoms with E-state index in [0.29, 0.717) is 16.4 Å². The second-order valence-electron chi connectivity index (χ2n) is 8.12. The number of carbonyl (C=O) groups is 1. The average Bonchev–Trinajstić information content (AvgIpc) is 3.56. The van der Waals surface area contributed by atoms with E-state index in [1.54, 1.807) is 28.8 Å². The number of aromatic nitrogens is 3. The quantitative estimate of drug-likeness (QED) is 0.517. The fourth-order valence-corrected chi connectivity index (χ4v) is 3.87. The van der Waals surface area contributed by atoms with Gasteiger partial charge in [0.15, 0.2) is 11.6 Å². The van der Waals surface area contributed by atoms with Crippen molar-refractivity contribution in [2.75, 3.05) is 6.61 Å². The summed E-state index contributed by atoms with van der Waals surface area (Å²) in [4.78, 5) is 25.7. The van der Waals surface area contributed by atoms with Crippen molar-refractivity contribution in [2.45, 2.75) is 43.9 Å². The van der Waals surface area contributed by atoms with Crippen molar-refractivity contribution in [3.05, 3.63) is 75.2 Å². The molecule has 0 amide bonds. The first-order valence-electron chi connectivity index (χ1n) is 10.4. The SMILES string of the molecule is O=C(CC(CO)c1cccc(C(F)(F)F)c1)Cn1nc(-c2ccc(Cl)cc2)n(C2CC2)c1=O. The summed E-state index contributed by atoms with van der Waals surface area (Å²) in [5.41, 5.74) is -0.376. The molecule has 2 aromatic carbocycles. The van der Waals surface area contributed by atoms with Crippen LogP contribution >= 0.6 is 11.6 Å². The van der Waals surface area contributed by atoms with Crippen molar-refractivity contribution >= 4 is 17.4 Å². The van der Waals surface area contributed by atoms with Gasteiger partial charge in [0.1, 0.15) is 6.54 Å². The lowest BCUT2D eigenvalue weighted by molar-refractivity contribution is -0.137. The molecule has 3 aromatic rings. The zero-order valence-electron chi connectivity index (χ0n) is 17.4. The highest BCUT2D eigenvalue weighted by atomic mass is 35.5. The van der Waals surface area contributed by atoms with E-state index < -0.39 is 35.7 Å². The standard InChI is InChI=1S/C23H21ClF3N3O3/c24-18-6-4-14(5-7-18)21-28-29(22(33)30(21)19-8-9-19)12-20(32)11-16(13-31)15-2-1-3-17(10-15)23(25,26)27/h1-7,10,16,19,31H,8-9,11-13H2. The number of rotatable bonds is 8. The fourth-order valence-electron chi connectivity index (χ4n) is 3.74. The molecule has 0 aliphatic heterocycles. The van der Waals surface area contributed by atoms with Crippen molar-refractivity contribution in [3.8, 4) is 11.4 Å². The highest BCUT2D eigenvalue weighted by molar-refractivity contribution is 6.30. The fraction of sp³-hybridized carbons (Fsp3) is 0.348. The molecule has 4 rings (SSSR count). The van der Waals surface area contributed by atoms with Gasteiger partial charge in [-0.1, -0.05) is 29.8 Å². The molecule has 0 spiro atoms. The van der Waals surface area contributed by atoms with Crippen LogP contribution in [0.4, 0.5) is 13.2 Å². The van der Waals surface area contributed by atoms with Gasteiger partial charge in [-0.05, 0) is 48.7 Å². The van der Waals surface area contributed by atoms with Gasteiger partial charge in [-0.3, -0.25) is 9.36 Å². The molecule has 0 saturated heterocycles. The second-order valence-corrected chi connectivity index (χ2v) is 8.55. The molecule has 1 fully saturated rings. The molecule has 10 heteroatoms. The van der Waals surface area contributed by atoms with Crippen molar-refractivity contribution in [1.29, 1.82) is 0 Å². The third-order valence-electron chi connectivity index (χ3n) is 5.59. The maximum absolute atomic E-state index is 13.0. The van der Waals surface area contributed by atoms with Crippen molar-refractivity contribution in [3.63, 3.8) is 0 Å². The summed E-state index contributed by atoms with van der Waals surface area (Å²) in [6, 6.07) is 11.4. The predicted molar refractivity (Wildman–Crippen MR) is 116 cm³/mol. The van der Waals surface area contributed by atoms with E-state index >= 15 is 0 Å². The molecule has 1 saturated carbocycles. The molecule has 0 bridgehead atoms. The third-order valence-corrected chi connectivity index (χ3v) is 5.84. The summed E-state index contributed by atoms with van der Waals surface area (Å²) >= 11 is 5.94. The summed E-state index contributed by atoms with van der Waals surface area (Å²) in [7, 11) is 0. The summed E-state index contributed by atoms with van der Waals surface area (Å²) in [6.07, 6.45) is -3.08. The topological polar surface area (TPSA) is 77.1 Å². The Morgan fingerprint density at radius 2 is 1.88 bits per heavy atom. The normalized spacial score (nSPS) is 14.9. The van der Waals surface area contributed by atoms with E-state index in [1.807, 2.05) is 0 Å². The molecule has 33 heavy (non-hydrogen) atoms. The molecule has 174 valence electrons. The van der Waals surface area contributed by atoms with E-state index in [4.69, 9.17) is 11.6 Å². The number of benzene rings is 2. The van der Waals surface area contributed by atoms with Gasteiger partial charge in [-0.2, -0.15) is 13.2 Å². The summed E-state index contributed by atoms with van der Waals surface area (Å²) in [6.45, 7) is -0.844. The zero-order chi connectivity index (χ0) is 23.8. The Bertz CT molecular complexity index is 1210. The van der Waals surface area contributed by atoms with E-state index in [1.165, 1.54) is 12.1 Å². The maximum Gasteiger partial charge on any atom is 0.416 e. The molecule has 1 aromatic heterocycles. The largest absolute Gasteiger partial charge is 0.416 e. The van der Waals surface area contributed by atoms with Crippen LogP contribution in [0.25, 0.3) is 11.4 Å². The number of nitrogens with zero attached hydrogens (tertiary/aromatic N) is 3. The number of halogens is 4. The van der Waals surface area contributed by atoms with Crippen LogP contribution < -0.4 is 5.69 Å². The van der Waals surface area contributed by atoms with Gasteiger partial charge < -0.3 is 5.11 Å². The molecule has 1 heterocycles. The van der Waals surface area contributed by atoms with Crippen LogP contribution in [0.5, 0.6) is 0 Å². The molecule has 1 atom stereocenters. The van der Waals surface area contributed by atoms with Crippen molar-refractivity contribution in [2.24, 2.45) is 0 Å². The molecular formula is C23H21ClF3N3O3. The van der Waals surface area contributed by atoms with Gasteiger partial charge in [-0.15, -0.1) is 5.10 Å². The Balaban J connectivity index is 1.55. The second kappa shape index (κ2) is 9.15. The van der Waals surface area contributed by atoms with Gasteiger partial charge in [0.25, 0.3) is 0 Å². The summed E-state index contributed by atoms with van der Waals surface area (Å²) < 4.78 is 41.7. The van der Waals surface area contributed by atoms with Crippen LogP contribution in [0.2, 0.25) is 5.02 Å². The molecule has 6 nitrogen and oxygen atoms in total. The Morgan fingerprint density at radius 3 is 2.48 bits per heavy atom. The number of alkyl halides is 3. The Morgan fingerprint density at radius 1 is 1.18 bits per heavy atom. The van der Waals surface area contributed by atoms with Crippen molar-refractivity contribution in [1.82, 2.24) is 14.3 Å². The highest BCUT2D eigenvalue weighted by Crippen LogP contribution is 2.36. The minimum absolute atomic E-state index is 0.0160. The first-order chi connectivity index (χ1) is 15.7. The number of carbonyl (C=O) groups excluding carboxylic acids is 1. The van der Waals surface area contributed by atoms with Gasteiger partial charge in [-0.25, -0.2) is 9.48 Å². The monoisotopic (exact) mass is 479 g/mol. The number of aliphatic hydroxyl groups excluding tert-OH is 1. The third kappa shape index (κ3) is 5.20. The van der Waals surface area contributed by atoms with Crippen molar-refractivity contribution < 1.29 is 23.1 Å². The van der Waals surface area contributed by atoms with Crippen LogP contribution in [-0.4, -0.2) is 31.8 Å². The Hall–Kier alpha value is -2.91. The van der Waals surface area contributed by atoms with Crippen LogP contribution in [0, 0.1) is 0 Å². The minimum Gasteiger partial charge on any atom is -0.396 e. The van der Waals surface area contributed by atoms with Gasteiger partial charge in [0.2, 0.25) is 0 Å². The van der Waals surface area contributed by atoms with E-state index in [2.05, 4.69) is 5.10 Å². The summed E-state index contributed by atoms with van der Waals surface area (Å²) in [5.74, 6) is -0.808. The van der Waals surface area contributed by atoms with E-state index in [0.717, 1.165) is 29.7 Å². The van der Waals surface area contributed by atoms with Crippen LogP contribution in [0.1, 0.15) is 42.3 Å². The van der Waals surface area contributed by atoms with Gasteiger partial charge in [0, 0.05) is 29.0 Å². The maximum atomic E-state index is 13.0. The smallest absolute Gasteiger partial charge is 0.396 e. The van der Waals surface area contributed by atoms with E-state index in [-0.39, 0.29) is 24.6 Å². The Kier molecular flexibility index (Phi) is 6.45. The lowest BCUT2D eigenvalue weighted by atomic mass is 9.93. The molecular weight excluding hydrogens is 459 g/mol. The minimum atomic E-state index is -4.53. The van der Waals surface area contributed by atoms with Crippen LogP contribution in [0.3, 0.4) is 0 Å². The number of ketones is 1. The molecule has 0 radical (unpaired) electrons. The molecule has 1 N–H and O–H groups in total. The van der Waals surface area contributed by atoms with Gasteiger partial charge in [0.05, 0.1) is 12.2 Å². The Labute approximate surface area is 192 Å². The van der Waals surface area contributed by atoms with Crippen LogP contribution in [0.15, 0.2) is 53.3 Å². The molecule has 1 aliphatic carbocycles. The predicted octanol–water partition coefficient (Wildman–Crippen LogP) is 4.45. The number of Topliss-reactive ketones (excluding diaryl/α,β-unsaturated/α-hetero) is 1. The van der Waals surface area contributed by atoms with Gasteiger partial charge >= 0.3 is 11.9 Å². The number of hydrogen-bond donors (Lipinski definition) is 1. The molecule has 1 unspecified atom stereocenters. The first-order valence-corrected chi connectivity index (χ1v) is 10.8. The molecule has 1 aliphatic rings. The number of hydrogen-bond acceptors (Lipinski definition) is 4. The first kappa shape index (κ1) is 23.3. The lowest BCUT2D eigenvalue weighted by Gasteiger charge is -2.16. The average molecular weight is 480 g/mol. The highest BCUT2D eigenvalue weighted by Gasteiger charge is 2.32. The van der Waals surface area contributed by atoms with E-state index in [9.17, 15) is 27.9 Å². The summed E-state index contributed by atoms with van der Waals surface area (Å²) in [5, 5.41) is 14.6. The van der Waals surface area contributed by atoms with Crippen LogP contribution in [-0.2, 0) is 17.5 Å². The lowest BCUT2D eigenvalue weighted by Crippen LogP contribution is -2.28. The zero-order valence-corrected chi connectivity index (χ0v) is 18.2.